The zero-order valence-electron chi connectivity index (χ0n) is 23.8. The third-order valence-corrected chi connectivity index (χ3v) is 7.60. The van der Waals surface area contributed by atoms with E-state index in [2.05, 4.69) is 31.2 Å². The molecule has 0 saturated carbocycles. The molecule has 0 radical (unpaired) electrons. The lowest BCUT2D eigenvalue weighted by Crippen LogP contribution is -2.30. The Morgan fingerprint density at radius 3 is 2.32 bits per heavy atom. The second-order valence-corrected chi connectivity index (χ2v) is 10.4. The molecule has 0 spiro atoms. The predicted octanol–water partition coefficient (Wildman–Crippen LogP) is 5.85. The number of carbonyl (C=O) groups excluding carboxylic acids is 2. The Bertz CT molecular complexity index is 1760. The third kappa shape index (κ3) is 6.02. The maximum absolute atomic E-state index is 12.5. The van der Waals surface area contributed by atoms with Crippen molar-refractivity contribution in [3.63, 3.8) is 0 Å². The number of aromatic nitrogens is 2. The smallest absolute Gasteiger partial charge is 0.337 e. The van der Waals surface area contributed by atoms with Crippen molar-refractivity contribution in [2.75, 3.05) is 23.9 Å². The number of thiocarbonyl (C=S) groups is 1. The summed E-state index contributed by atoms with van der Waals surface area (Å²) in [7, 11) is 1.36. The zero-order valence-corrected chi connectivity index (χ0v) is 24.6. The summed E-state index contributed by atoms with van der Waals surface area (Å²) < 4.78 is 12.5. The number of pyridine rings is 1. The molecule has 0 bridgehead atoms. The first-order valence-electron chi connectivity index (χ1n) is 14.0. The largest absolute Gasteiger partial charge is 0.484 e. The Balaban J connectivity index is 1.28. The van der Waals surface area contributed by atoms with Gasteiger partial charge in [-0.15, -0.1) is 0 Å². The SMILES string of the molecule is COC(=O)c1ccc(-n2cccc2[C@H]2[C@@H](c3ccccn3)NC(=S)N2c2ccc(NC(=O)COc3ccccc3)cc2)cc1. The molecule has 220 valence electrons. The molecule has 1 aliphatic heterocycles. The number of hydrogen-bond donors (Lipinski definition) is 2. The van der Waals surface area contributed by atoms with E-state index in [1.165, 1.54) is 7.11 Å². The molecule has 5 aromatic rings. The quantitative estimate of drug-likeness (QED) is 0.160. The monoisotopic (exact) mass is 603 g/mol. The van der Waals surface area contributed by atoms with E-state index in [1.54, 1.807) is 30.5 Å². The van der Waals surface area contributed by atoms with Gasteiger partial charge in [-0.3, -0.25) is 9.78 Å². The van der Waals surface area contributed by atoms with Crippen molar-refractivity contribution in [3.8, 4) is 11.4 Å². The van der Waals surface area contributed by atoms with Crippen molar-refractivity contribution in [2.24, 2.45) is 0 Å². The number of amides is 1. The Morgan fingerprint density at radius 2 is 1.61 bits per heavy atom. The Morgan fingerprint density at radius 1 is 0.886 bits per heavy atom. The van der Waals surface area contributed by atoms with E-state index >= 15 is 0 Å². The molecule has 44 heavy (non-hydrogen) atoms. The summed E-state index contributed by atoms with van der Waals surface area (Å²) in [5.74, 6) is -0.0193. The van der Waals surface area contributed by atoms with Gasteiger partial charge < -0.3 is 29.6 Å². The number of methoxy groups -OCH3 is 1. The van der Waals surface area contributed by atoms with Crippen LogP contribution in [0, 0.1) is 0 Å². The van der Waals surface area contributed by atoms with Gasteiger partial charge in [0, 0.05) is 35.1 Å². The standard InChI is InChI=1S/C34H29N5O4S/c1-42-33(41)23-12-16-25(17-13-23)38-21-7-11-29(38)32-31(28-10-5-6-20-35-28)37-34(44)39(32)26-18-14-24(15-19-26)36-30(40)22-43-27-8-3-2-4-9-27/h2-21,31-32H,22H2,1H3,(H,36,40)(H,37,44)/t31-,32+/m1/s1. The number of nitrogens with one attached hydrogen (secondary N) is 2. The highest BCUT2D eigenvalue weighted by Gasteiger charge is 2.42. The molecule has 2 N–H and O–H groups in total. The van der Waals surface area contributed by atoms with E-state index in [9.17, 15) is 9.59 Å². The van der Waals surface area contributed by atoms with Crippen molar-refractivity contribution in [1.82, 2.24) is 14.9 Å². The van der Waals surface area contributed by atoms with Crippen LogP contribution < -0.4 is 20.3 Å². The van der Waals surface area contributed by atoms with Gasteiger partial charge in [0.1, 0.15) is 11.8 Å². The number of para-hydroxylation sites is 1. The lowest BCUT2D eigenvalue weighted by atomic mass is 10.0. The molecule has 1 fully saturated rings. The zero-order chi connectivity index (χ0) is 30.5. The van der Waals surface area contributed by atoms with E-state index in [0.717, 1.165) is 22.8 Å². The fourth-order valence-corrected chi connectivity index (χ4v) is 5.59. The second kappa shape index (κ2) is 12.8. The van der Waals surface area contributed by atoms with Crippen LogP contribution in [0.2, 0.25) is 0 Å². The van der Waals surface area contributed by atoms with Gasteiger partial charge in [0.05, 0.1) is 24.4 Å². The van der Waals surface area contributed by atoms with Gasteiger partial charge >= 0.3 is 5.97 Å². The fraction of sp³-hybridized carbons (Fsp3) is 0.118. The highest BCUT2D eigenvalue weighted by molar-refractivity contribution is 7.80. The molecule has 0 aliphatic carbocycles. The third-order valence-electron chi connectivity index (χ3n) is 7.29. The first-order valence-corrected chi connectivity index (χ1v) is 14.4. The molecule has 1 amide bonds. The number of carbonyl (C=O) groups is 2. The molecule has 2 atom stereocenters. The molecule has 6 rings (SSSR count). The first kappa shape index (κ1) is 28.6. The number of ether oxygens (including phenoxy) is 2. The van der Waals surface area contributed by atoms with Gasteiger partial charge in [0.2, 0.25) is 0 Å². The summed E-state index contributed by atoms with van der Waals surface area (Å²) in [6, 6.07) is 33.3. The lowest BCUT2D eigenvalue weighted by molar-refractivity contribution is -0.118. The van der Waals surface area contributed by atoms with Gasteiger partial charge in [0.25, 0.3) is 5.91 Å². The minimum atomic E-state index is -0.389. The molecule has 10 heteroatoms. The van der Waals surface area contributed by atoms with Crippen molar-refractivity contribution < 1.29 is 19.1 Å². The number of hydrogen-bond acceptors (Lipinski definition) is 6. The van der Waals surface area contributed by atoms with E-state index in [1.807, 2.05) is 85.1 Å². The van der Waals surface area contributed by atoms with E-state index in [0.29, 0.717) is 22.1 Å². The summed E-state index contributed by atoms with van der Waals surface area (Å²) in [4.78, 5) is 31.2. The second-order valence-electron chi connectivity index (χ2n) is 10.0. The normalized spacial score (nSPS) is 15.8. The minimum Gasteiger partial charge on any atom is -0.484 e. The highest BCUT2D eigenvalue weighted by Crippen LogP contribution is 2.42. The summed E-state index contributed by atoms with van der Waals surface area (Å²) in [5, 5.41) is 6.91. The van der Waals surface area contributed by atoms with Crippen molar-refractivity contribution in [2.45, 2.75) is 12.1 Å². The van der Waals surface area contributed by atoms with Gasteiger partial charge in [-0.1, -0.05) is 24.3 Å². The van der Waals surface area contributed by atoms with Gasteiger partial charge in [0.15, 0.2) is 11.7 Å². The van der Waals surface area contributed by atoms with Crippen LogP contribution in [-0.2, 0) is 9.53 Å². The van der Waals surface area contributed by atoms with Crippen LogP contribution in [0.15, 0.2) is 122 Å². The van der Waals surface area contributed by atoms with Crippen LogP contribution in [0.1, 0.15) is 33.8 Å². The Kier molecular flexibility index (Phi) is 8.33. The van der Waals surface area contributed by atoms with Crippen LogP contribution in [0.25, 0.3) is 5.69 Å². The van der Waals surface area contributed by atoms with Crippen molar-refractivity contribution in [1.29, 1.82) is 0 Å². The highest BCUT2D eigenvalue weighted by atomic mass is 32.1. The van der Waals surface area contributed by atoms with Crippen LogP contribution in [0.4, 0.5) is 11.4 Å². The average molecular weight is 604 g/mol. The minimum absolute atomic E-state index is 0.0999. The molecule has 3 aromatic carbocycles. The Hall–Kier alpha value is -5.48. The number of benzene rings is 3. The molecule has 9 nitrogen and oxygen atoms in total. The predicted molar refractivity (Wildman–Crippen MR) is 172 cm³/mol. The first-order chi connectivity index (χ1) is 21.5. The van der Waals surface area contributed by atoms with Gasteiger partial charge in [-0.05, 0) is 97.1 Å². The maximum Gasteiger partial charge on any atom is 0.337 e. The molecular weight excluding hydrogens is 574 g/mol. The summed E-state index contributed by atoms with van der Waals surface area (Å²) in [6.07, 6.45) is 3.75. The molecule has 3 heterocycles. The van der Waals surface area contributed by atoms with Crippen molar-refractivity contribution >= 4 is 40.6 Å². The lowest BCUT2D eigenvalue weighted by Gasteiger charge is -2.29. The maximum atomic E-state index is 12.5. The number of anilines is 2. The number of rotatable bonds is 9. The fourth-order valence-electron chi connectivity index (χ4n) is 5.25. The van der Waals surface area contributed by atoms with Gasteiger partial charge in [-0.2, -0.15) is 0 Å². The summed E-state index contributed by atoms with van der Waals surface area (Å²) in [5.41, 5.74) is 4.65. The molecule has 2 aromatic heterocycles. The molecular formula is C34H29N5O4S. The van der Waals surface area contributed by atoms with Crippen LogP contribution in [0.3, 0.4) is 0 Å². The average Bonchev–Trinajstić information content (AvgIpc) is 3.69. The molecule has 1 saturated heterocycles. The van der Waals surface area contributed by atoms with E-state index in [-0.39, 0.29) is 30.6 Å². The van der Waals surface area contributed by atoms with E-state index in [4.69, 9.17) is 21.7 Å². The van der Waals surface area contributed by atoms with Crippen molar-refractivity contribution in [3.05, 3.63) is 139 Å². The van der Waals surface area contributed by atoms with Crippen LogP contribution >= 0.6 is 12.2 Å². The van der Waals surface area contributed by atoms with Gasteiger partial charge in [-0.25, -0.2) is 4.79 Å². The molecule has 0 unspecified atom stereocenters. The topological polar surface area (TPSA) is 97.7 Å². The summed E-state index contributed by atoms with van der Waals surface area (Å²) >= 11 is 5.89. The Labute approximate surface area is 260 Å². The van der Waals surface area contributed by atoms with Crippen LogP contribution in [0.5, 0.6) is 5.75 Å². The number of nitrogens with zero attached hydrogens (tertiary/aromatic N) is 3. The number of esters is 1. The summed E-state index contributed by atoms with van der Waals surface area (Å²) in [6.45, 7) is -0.0999. The van der Waals surface area contributed by atoms with E-state index < -0.39 is 0 Å². The molecule has 1 aliphatic rings. The van der Waals surface area contributed by atoms with Crippen LogP contribution in [-0.4, -0.2) is 40.3 Å².